The van der Waals surface area contributed by atoms with Gasteiger partial charge < -0.3 is 4.74 Å². The third-order valence-corrected chi connectivity index (χ3v) is 2.18. The molecule has 0 N–H and O–H groups in total. The maximum Gasteiger partial charge on any atom is 0.221 e. The van der Waals surface area contributed by atoms with E-state index in [2.05, 4.69) is 0 Å². The highest BCUT2D eigenvalue weighted by Crippen LogP contribution is 2.33. The van der Waals surface area contributed by atoms with Gasteiger partial charge >= 0.3 is 0 Å². The lowest BCUT2D eigenvalue weighted by molar-refractivity contribution is 0.329. The molecule has 0 aliphatic heterocycles. The first-order valence-electron chi connectivity index (χ1n) is 4.55. The van der Waals surface area contributed by atoms with Crippen LogP contribution in [0.4, 0.5) is 4.39 Å². The van der Waals surface area contributed by atoms with Crippen molar-refractivity contribution < 1.29 is 14.2 Å². The van der Waals surface area contributed by atoms with E-state index in [4.69, 9.17) is 16.3 Å². The molecule has 2 nitrogen and oxygen atoms in total. The van der Waals surface area contributed by atoms with E-state index in [0.29, 0.717) is 10.8 Å². The van der Waals surface area contributed by atoms with Gasteiger partial charge in [0, 0.05) is 11.1 Å². The van der Waals surface area contributed by atoms with Crippen LogP contribution in [0.3, 0.4) is 0 Å². The van der Waals surface area contributed by atoms with Crippen LogP contribution in [0, 0.1) is 5.82 Å². The molecule has 0 unspecified atom stereocenters. The van der Waals surface area contributed by atoms with Crippen molar-refractivity contribution >= 4 is 11.6 Å². The van der Waals surface area contributed by atoms with Crippen LogP contribution in [0.5, 0.6) is 17.2 Å². The van der Waals surface area contributed by atoms with Crippen molar-refractivity contribution in [2.45, 2.75) is 0 Å². The largest absolute Gasteiger partial charge is 0.453 e. The Morgan fingerprint density at radius 1 is 1.06 bits per heavy atom. The molecule has 0 saturated carbocycles. The van der Waals surface area contributed by atoms with E-state index in [1.54, 1.807) is 0 Å². The van der Waals surface area contributed by atoms with Crippen molar-refractivity contribution in [3.8, 4) is 17.2 Å². The molecular formula is C12H7ClFO2. The lowest BCUT2D eigenvalue weighted by Crippen LogP contribution is -1.84. The van der Waals surface area contributed by atoms with Gasteiger partial charge in [-0.05, 0) is 36.4 Å². The molecule has 4 heteroatoms. The molecule has 0 atom stereocenters. The van der Waals surface area contributed by atoms with Gasteiger partial charge in [0.05, 0.1) is 0 Å². The molecule has 0 heterocycles. The second-order valence-electron chi connectivity index (χ2n) is 3.15. The summed E-state index contributed by atoms with van der Waals surface area (Å²) in [6, 6.07) is 9.62. The van der Waals surface area contributed by atoms with Gasteiger partial charge in [-0.1, -0.05) is 11.6 Å². The van der Waals surface area contributed by atoms with Gasteiger partial charge in [0.15, 0.2) is 5.75 Å². The average molecular weight is 238 g/mol. The maximum atomic E-state index is 12.6. The predicted molar refractivity (Wildman–Crippen MR) is 58.1 cm³/mol. The Hall–Kier alpha value is -1.74. The molecule has 0 amide bonds. The van der Waals surface area contributed by atoms with E-state index in [9.17, 15) is 9.50 Å². The van der Waals surface area contributed by atoms with Crippen LogP contribution in [0.25, 0.3) is 0 Å². The first kappa shape index (κ1) is 10.8. The summed E-state index contributed by atoms with van der Waals surface area (Å²) in [5.41, 5.74) is 0. The lowest BCUT2D eigenvalue weighted by Gasteiger charge is -2.06. The van der Waals surface area contributed by atoms with Gasteiger partial charge in [-0.15, -0.1) is 0 Å². The Morgan fingerprint density at radius 2 is 1.75 bits per heavy atom. The van der Waals surface area contributed by atoms with E-state index < -0.39 is 0 Å². The van der Waals surface area contributed by atoms with E-state index >= 15 is 0 Å². The van der Waals surface area contributed by atoms with E-state index in [0.717, 1.165) is 0 Å². The van der Waals surface area contributed by atoms with Crippen molar-refractivity contribution in [2.24, 2.45) is 0 Å². The first-order chi connectivity index (χ1) is 7.65. The number of hydrogen-bond donors (Lipinski definition) is 0. The summed E-state index contributed by atoms with van der Waals surface area (Å²) in [7, 11) is 0. The summed E-state index contributed by atoms with van der Waals surface area (Å²) >= 11 is 5.73. The SMILES string of the molecule is [O]c1ccc(Cl)cc1Oc1ccc(F)cc1. The monoisotopic (exact) mass is 237 g/mol. The molecule has 2 aromatic rings. The van der Waals surface area contributed by atoms with Crippen LogP contribution in [0.1, 0.15) is 0 Å². The van der Waals surface area contributed by atoms with Crippen LogP contribution < -0.4 is 4.74 Å². The molecule has 0 aliphatic rings. The minimum Gasteiger partial charge on any atom is -0.453 e. The van der Waals surface area contributed by atoms with Crippen molar-refractivity contribution in [2.75, 3.05) is 0 Å². The third kappa shape index (κ3) is 2.44. The van der Waals surface area contributed by atoms with Crippen LogP contribution in [-0.4, -0.2) is 0 Å². The lowest BCUT2D eigenvalue weighted by atomic mass is 10.3. The fourth-order valence-corrected chi connectivity index (χ4v) is 1.35. The number of hydrogen-bond acceptors (Lipinski definition) is 1. The van der Waals surface area contributed by atoms with Crippen LogP contribution in [-0.2, 0) is 5.11 Å². The number of halogens is 2. The normalized spacial score (nSPS) is 10.1. The Morgan fingerprint density at radius 3 is 2.44 bits per heavy atom. The second-order valence-corrected chi connectivity index (χ2v) is 3.58. The zero-order valence-corrected chi connectivity index (χ0v) is 8.87. The molecule has 0 spiro atoms. The Balaban J connectivity index is 2.26. The standard InChI is InChI=1S/C12H7ClFO2/c13-8-1-6-11(15)12(7-8)16-10-4-2-9(14)3-5-10/h1-7H. The molecule has 0 bridgehead atoms. The molecule has 0 aromatic heterocycles. The smallest absolute Gasteiger partial charge is 0.221 e. The molecule has 81 valence electrons. The summed E-state index contributed by atoms with van der Waals surface area (Å²) in [5.74, 6) is -0.116. The Bertz CT molecular complexity index is 497. The molecule has 0 fully saturated rings. The van der Waals surface area contributed by atoms with Gasteiger partial charge in [0.1, 0.15) is 11.6 Å². The Kier molecular flexibility index (Phi) is 2.97. The molecule has 1 radical (unpaired) electrons. The quantitative estimate of drug-likeness (QED) is 0.760. The van der Waals surface area contributed by atoms with Gasteiger partial charge in [-0.25, -0.2) is 4.39 Å². The molecule has 0 aliphatic carbocycles. The number of rotatable bonds is 2. The highest BCUT2D eigenvalue weighted by Gasteiger charge is 2.06. The second kappa shape index (κ2) is 4.41. The van der Waals surface area contributed by atoms with E-state index in [1.807, 2.05) is 0 Å². The predicted octanol–water partition coefficient (Wildman–Crippen LogP) is 4.42. The van der Waals surface area contributed by atoms with E-state index in [1.165, 1.54) is 42.5 Å². The molecule has 2 aromatic carbocycles. The average Bonchev–Trinajstić information content (AvgIpc) is 2.27. The van der Waals surface area contributed by atoms with Crippen LogP contribution in [0.15, 0.2) is 42.5 Å². The van der Waals surface area contributed by atoms with Crippen molar-refractivity contribution in [3.05, 3.63) is 53.3 Å². The fourth-order valence-electron chi connectivity index (χ4n) is 1.19. The molecular weight excluding hydrogens is 231 g/mol. The summed E-state index contributed by atoms with van der Waals surface area (Å²) in [4.78, 5) is 0. The van der Waals surface area contributed by atoms with Gasteiger partial charge in [-0.3, -0.25) is 5.11 Å². The van der Waals surface area contributed by atoms with Crippen LogP contribution in [0.2, 0.25) is 5.02 Å². The zero-order valence-electron chi connectivity index (χ0n) is 8.11. The fraction of sp³-hybridized carbons (Fsp3) is 0. The minimum absolute atomic E-state index is 0.124. The van der Waals surface area contributed by atoms with Crippen molar-refractivity contribution in [1.82, 2.24) is 0 Å². The van der Waals surface area contributed by atoms with Gasteiger partial charge in [0.25, 0.3) is 0 Å². The first-order valence-corrected chi connectivity index (χ1v) is 4.93. The Labute approximate surface area is 96.9 Å². The highest BCUT2D eigenvalue weighted by molar-refractivity contribution is 6.30. The summed E-state index contributed by atoms with van der Waals surface area (Å²) < 4.78 is 17.9. The molecule has 16 heavy (non-hydrogen) atoms. The number of ether oxygens (including phenoxy) is 1. The van der Waals surface area contributed by atoms with Crippen LogP contribution >= 0.6 is 11.6 Å². The summed E-state index contributed by atoms with van der Waals surface area (Å²) in [6.07, 6.45) is 0. The molecule has 2 rings (SSSR count). The molecule has 0 saturated heterocycles. The summed E-state index contributed by atoms with van der Waals surface area (Å²) in [6.45, 7) is 0. The zero-order chi connectivity index (χ0) is 11.5. The van der Waals surface area contributed by atoms with Gasteiger partial charge in [0.2, 0.25) is 5.75 Å². The summed E-state index contributed by atoms with van der Waals surface area (Å²) in [5, 5.41) is 11.8. The van der Waals surface area contributed by atoms with Crippen molar-refractivity contribution in [3.63, 3.8) is 0 Å². The maximum absolute atomic E-state index is 12.6. The topological polar surface area (TPSA) is 29.1 Å². The third-order valence-electron chi connectivity index (χ3n) is 1.95. The van der Waals surface area contributed by atoms with Crippen molar-refractivity contribution in [1.29, 1.82) is 0 Å². The van der Waals surface area contributed by atoms with Gasteiger partial charge in [-0.2, -0.15) is 0 Å². The number of benzene rings is 2. The highest BCUT2D eigenvalue weighted by atomic mass is 35.5. The minimum atomic E-state index is -0.360. The van der Waals surface area contributed by atoms with E-state index in [-0.39, 0.29) is 17.3 Å².